The first-order valence-corrected chi connectivity index (χ1v) is 8.42. The number of fused-ring (bicyclic) bond motifs is 1. The summed E-state index contributed by atoms with van der Waals surface area (Å²) in [4.78, 5) is 20.7. The van der Waals surface area contributed by atoms with Crippen LogP contribution in [0.3, 0.4) is 0 Å². The Morgan fingerprint density at radius 2 is 2.12 bits per heavy atom. The number of hydrogen-bond donors (Lipinski definition) is 1. The van der Waals surface area contributed by atoms with Crippen molar-refractivity contribution in [3.63, 3.8) is 0 Å². The molecule has 1 N–H and O–H groups in total. The molecular weight excluding hydrogens is 396 g/mol. The Kier molecular flexibility index (Phi) is 3.95. The van der Waals surface area contributed by atoms with Crippen molar-refractivity contribution in [2.45, 2.75) is 25.2 Å². The van der Waals surface area contributed by atoms with Crippen LogP contribution in [0.1, 0.15) is 47.1 Å². The van der Waals surface area contributed by atoms with Gasteiger partial charge in [-0.25, -0.2) is 23.3 Å². The molecule has 1 amide bonds. The topological polar surface area (TPSA) is 72.2 Å². The van der Waals surface area contributed by atoms with Gasteiger partial charge in [0.2, 0.25) is 0 Å². The number of alkyl halides is 2. The summed E-state index contributed by atoms with van der Waals surface area (Å²) < 4.78 is 28.5. The first-order chi connectivity index (χ1) is 12.0. The van der Waals surface area contributed by atoms with Crippen molar-refractivity contribution < 1.29 is 13.6 Å². The molecule has 128 valence electrons. The molecule has 3 aromatic heterocycles. The van der Waals surface area contributed by atoms with E-state index in [1.165, 1.54) is 18.3 Å². The van der Waals surface area contributed by atoms with Crippen LogP contribution in [0.5, 0.6) is 0 Å². The molecule has 1 aliphatic carbocycles. The Balaban J connectivity index is 1.69. The maximum absolute atomic E-state index is 13.4. The number of aromatic nitrogens is 4. The lowest BCUT2D eigenvalue weighted by atomic mass is 10.2. The summed E-state index contributed by atoms with van der Waals surface area (Å²) in [6, 6.07) is 6.13. The Morgan fingerprint density at radius 1 is 1.32 bits per heavy atom. The number of nitrogens with one attached hydrogen (secondary N) is 1. The van der Waals surface area contributed by atoms with Crippen LogP contribution in [0, 0.1) is 0 Å². The van der Waals surface area contributed by atoms with E-state index in [9.17, 15) is 13.6 Å². The van der Waals surface area contributed by atoms with Crippen molar-refractivity contribution in [1.82, 2.24) is 19.6 Å². The number of anilines is 1. The lowest BCUT2D eigenvalue weighted by Gasteiger charge is -2.06. The predicted molar refractivity (Wildman–Crippen MR) is 89.8 cm³/mol. The van der Waals surface area contributed by atoms with E-state index in [0.29, 0.717) is 11.5 Å². The zero-order valence-corrected chi connectivity index (χ0v) is 14.4. The SMILES string of the molecule is O=C(Nc1ccc(Br)cn1)c1cc2nc(C3CC3)cc(C(F)F)n2n1. The first kappa shape index (κ1) is 16.1. The largest absolute Gasteiger partial charge is 0.305 e. The molecule has 0 aromatic carbocycles. The standard InChI is InChI=1S/C16H12BrF2N5O/c17-9-3-4-13(20-7-9)22-16(25)11-6-14-21-10(8-1-2-8)5-12(15(18)19)24(14)23-11/h3-8,15H,1-2H2,(H,20,22,25). The van der Waals surface area contributed by atoms with Gasteiger partial charge in [-0.2, -0.15) is 5.10 Å². The lowest BCUT2D eigenvalue weighted by Crippen LogP contribution is -2.14. The molecule has 0 spiro atoms. The molecule has 4 rings (SSSR count). The second kappa shape index (κ2) is 6.14. The van der Waals surface area contributed by atoms with Gasteiger partial charge in [-0.3, -0.25) is 4.79 Å². The van der Waals surface area contributed by atoms with Crippen LogP contribution in [0.15, 0.2) is 34.9 Å². The smallest absolute Gasteiger partial charge is 0.280 e. The molecule has 9 heteroatoms. The minimum absolute atomic E-state index is 0.00654. The van der Waals surface area contributed by atoms with E-state index in [4.69, 9.17) is 0 Å². The second-order valence-electron chi connectivity index (χ2n) is 5.80. The fraction of sp³-hybridized carbons (Fsp3) is 0.250. The van der Waals surface area contributed by atoms with Crippen LogP contribution < -0.4 is 5.32 Å². The number of carbonyl (C=O) groups is 1. The third kappa shape index (κ3) is 3.23. The average Bonchev–Trinajstić information content (AvgIpc) is 3.34. The fourth-order valence-corrected chi connectivity index (χ4v) is 2.74. The molecule has 1 aliphatic rings. The van der Waals surface area contributed by atoms with Crippen molar-refractivity contribution in [1.29, 1.82) is 0 Å². The van der Waals surface area contributed by atoms with E-state index in [-0.39, 0.29) is 23.0 Å². The van der Waals surface area contributed by atoms with Gasteiger partial charge in [0.25, 0.3) is 12.3 Å². The van der Waals surface area contributed by atoms with Crippen LogP contribution in [0.2, 0.25) is 0 Å². The number of halogens is 3. The summed E-state index contributed by atoms with van der Waals surface area (Å²) in [5, 5.41) is 6.58. The Labute approximate surface area is 149 Å². The highest BCUT2D eigenvalue weighted by molar-refractivity contribution is 9.10. The highest BCUT2D eigenvalue weighted by Crippen LogP contribution is 2.40. The van der Waals surface area contributed by atoms with Gasteiger partial charge in [-0.1, -0.05) is 0 Å². The van der Waals surface area contributed by atoms with Crippen LogP contribution in [-0.2, 0) is 0 Å². The van der Waals surface area contributed by atoms with Gasteiger partial charge in [0, 0.05) is 28.3 Å². The van der Waals surface area contributed by atoms with Gasteiger partial charge in [-0.05, 0) is 47.0 Å². The molecule has 25 heavy (non-hydrogen) atoms. The number of amides is 1. The highest BCUT2D eigenvalue weighted by atomic mass is 79.9. The summed E-state index contributed by atoms with van der Waals surface area (Å²) in [5.74, 6) is 0.0288. The van der Waals surface area contributed by atoms with E-state index >= 15 is 0 Å². The molecule has 0 bridgehead atoms. The van der Waals surface area contributed by atoms with Crippen LogP contribution in [0.25, 0.3) is 5.65 Å². The van der Waals surface area contributed by atoms with Gasteiger partial charge in [-0.15, -0.1) is 0 Å². The molecule has 6 nitrogen and oxygen atoms in total. The van der Waals surface area contributed by atoms with E-state index in [1.54, 1.807) is 12.1 Å². The third-order valence-electron chi connectivity index (χ3n) is 3.90. The van der Waals surface area contributed by atoms with Crippen molar-refractivity contribution in [3.8, 4) is 0 Å². The molecule has 0 unspecified atom stereocenters. The van der Waals surface area contributed by atoms with Gasteiger partial charge >= 0.3 is 0 Å². The van der Waals surface area contributed by atoms with Crippen LogP contribution >= 0.6 is 15.9 Å². The number of hydrogen-bond acceptors (Lipinski definition) is 4. The minimum atomic E-state index is -2.70. The van der Waals surface area contributed by atoms with E-state index < -0.39 is 12.3 Å². The Morgan fingerprint density at radius 3 is 2.76 bits per heavy atom. The maximum Gasteiger partial charge on any atom is 0.280 e. The molecule has 0 saturated heterocycles. The summed E-state index contributed by atoms with van der Waals surface area (Å²) in [6.45, 7) is 0. The van der Waals surface area contributed by atoms with Crippen molar-refractivity contribution in [2.75, 3.05) is 5.32 Å². The van der Waals surface area contributed by atoms with Gasteiger partial charge < -0.3 is 5.32 Å². The average molecular weight is 408 g/mol. The van der Waals surface area contributed by atoms with E-state index in [2.05, 4.69) is 36.3 Å². The molecule has 1 fully saturated rings. The lowest BCUT2D eigenvalue weighted by molar-refractivity contribution is 0.102. The van der Waals surface area contributed by atoms with Gasteiger partial charge in [0.05, 0.1) is 0 Å². The van der Waals surface area contributed by atoms with E-state index in [0.717, 1.165) is 21.8 Å². The van der Waals surface area contributed by atoms with Crippen LogP contribution in [0.4, 0.5) is 14.6 Å². The first-order valence-electron chi connectivity index (χ1n) is 7.63. The summed E-state index contributed by atoms with van der Waals surface area (Å²) in [5.41, 5.74) is 0.623. The quantitative estimate of drug-likeness (QED) is 0.710. The second-order valence-corrected chi connectivity index (χ2v) is 6.71. The molecule has 1 saturated carbocycles. The van der Waals surface area contributed by atoms with Crippen molar-refractivity contribution in [3.05, 3.63) is 52.0 Å². The highest BCUT2D eigenvalue weighted by Gasteiger charge is 2.28. The number of rotatable bonds is 4. The number of carbonyl (C=O) groups excluding carboxylic acids is 1. The monoisotopic (exact) mass is 407 g/mol. The number of pyridine rings is 1. The summed E-state index contributed by atoms with van der Waals surface area (Å²) >= 11 is 3.25. The number of nitrogens with zero attached hydrogens (tertiary/aromatic N) is 4. The third-order valence-corrected chi connectivity index (χ3v) is 4.36. The Hall–Kier alpha value is -2.42. The predicted octanol–water partition coefficient (Wildman–Crippen LogP) is 3.95. The van der Waals surface area contributed by atoms with Gasteiger partial charge in [0.1, 0.15) is 11.5 Å². The van der Waals surface area contributed by atoms with E-state index in [1.807, 2.05) is 0 Å². The molecule has 3 heterocycles. The normalized spacial score (nSPS) is 14.2. The van der Waals surface area contributed by atoms with Gasteiger partial charge in [0.15, 0.2) is 11.3 Å². The summed E-state index contributed by atoms with van der Waals surface area (Å²) in [7, 11) is 0. The molecule has 0 radical (unpaired) electrons. The van der Waals surface area contributed by atoms with Crippen molar-refractivity contribution >= 4 is 33.3 Å². The summed E-state index contributed by atoms with van der Waals surface area (Å²) in [6.07, 6.45) is 0.731. The molecule has 0 atom stereocenters. The fourth-order valence-electron chi connectivity index (χ4n) is 2.50. The molecule has 3 aromatic rings. The Bertz CT molecular complexity index is 953. The van der Waals surface area contributed by atoms with Crippen molar-refractivity contribution in [2.24, 2.45) is 0 Å². The minimum Gasteiger partial charge on any atom is -0.305 e. The molecular formula is C16H12BrF2N5O. The van der Waals surface area contributed by atoms with Crippen LogP contribution in [-0.4, -0.2) is 25.5 Å². The maximum atomic E-state index is 13.4. The molecule has 0 aliphatic heterocycles. The zero-order chi connectivity index (χ0) is 17.6. The zero-order valence-electron chi connectivity index (χ0n) is 12.8.